The smallest absolute Gasteiger partial charge is 0.118 e. The molecule has 0 unspecified atom stereocenters. The van der Waals surface area contributed by atoms with Crippen molar-refractivity contribution < 1.29 is 4.74 Å². The standard InChI is InChI=1S/C22H32N2O/c1-17(2)23-16-22(3,4)24-21(15-18-9-7-6-8-10-18)19-11-13-20(25-5)14-12-19/h6-14,17,21,23-24H,15-16H2,1-5H3/t21-/m0/s1. The van der Waals surface area contributed by atoms with Gasteiger partial charge in [0.05, 0.1) is 7.11 Å². The Balaban J connectivity index is 2.18. The van der Waals surface area contributed by atoms with Crippen LogP contribution in [0.4, 0.5) is 0 Å². The van der Waals surface area contributed by atoms with Crippen LogP contribution < -0.4 is 15.4 Å². The lowest BCUT2D eigenvalue weighted by Gasteiger charge is -2.33. The predicted molar refractivity (Wildman–Crippen MR) is 106 cm³/mol. The zero-order valence-corrected chi connectivity index (χ0v) is 16.2. The zero-order chi connectivity index (χ0) is 18.3. The van der Waals surface area contributed by atoms with Gasteiger partial charge in [0.2, 0.25) is 0 Å². The van der Waals surface area contributed by atoms with Gasteiger partial charge in [0.1, 0.15) is 5.75 Å². The molecule has 3 heteroatoms. The van der Waals surface area contributed by atoms with Gasteiger partial charge in [0.25, 0.3) is 0 Å². The molecule has 2 N–H and O–H groups in total. The van der Waals surface area contributed by atoms with E-state index in [0.717, 1.165) is 18.7 Å². The van der Waals surface area contributed by atoms with Gasteiger partial charge >= 0.3 is 0 Å². The normalized spacial score (nSPS) is 13.0. The zero-order valence-electron chi connectivity index (χ0n) is 16.2. The van der Waals surface area contributed by atoms with Crippen LogP contribution in [0, 0.1) is 0 Å². The van der Waals surface area contributed by atoms with E-state index >= 15 is 0 Å². The fourth-order valence-electron chi connectivity index (χ4n) is 2.92. The van der Waals surface area contributed by atoms with Crippen LogP contribution in [0.25, 0.3) is 0 Å². The van der Waals surface area contributed by atoms with Crippen molar-refractivity contribution in [2.24, 2.45) is 0 Å². The van der Waals surface area contributed by atoms with E-state index in [9.17, 15) is 0 Å². The highest BCUT2D eigenvalue weighted by atomic mass is 16.5. The first-order valence-electron chi connectivity index (χ1n) is 9.08. The summed E-state index contributed by atoms with van der Waals surface area (Å²) in [5.41, 5.74) is 2.61. The number of hydrogen-bond acceptors (Lipinski definition) is 3. The molecule has 0 amide bonds. The summed E-state index contributed by atoms with van der Waals surface area (Å²) in [7, 11) is 1.70. The topological polar surface area (TPSA) is 33.3 Å². The van der Waals surface area contributed by atoms with E-state index in [0.29, 0.717) is 6.04 Å². The Morgan fingerprint density at radius 1 is 0.960 bits per heavy atom. The van der Waals surface area contributed by atoms with E-state index in [-0.39, 0.29) is 11.6 Å². The number of methoxy groups -OCH3 is 1. The van der Waals surface area contributed by atoms with E-state index in [2.05, 4.69) is 80.8 Å². The van der Waals surface area contributed by atoms with Crippen LogP contribution in [0.5, 0.6) is 5.75 Å². The third kappa shape index (κ3) is 6.52. The predicted octanol–water partition coefficient (Wildman–Crippen LogP) is 4.35. The number of benzene rings is 2. The van der Waals surface area contributed by atoms with Gasteiger partial charge in [-0.3, -0.25) is 0 Å². The van der Waals surface area contributed by atoms with Crippen molar-refractivity contribution in [2.75, 3.05) is 13.7 Å². The van der Waals surface area contributed by atoms with Crippen molar-refractivity contribution in [3.8, 4) is 5.75 Å². The van der Waals surface area contributed by atoms with Crippen molar-refractivity contribution in [2.45, 2.75) is 51.7 Å². The highest BCUT2D eigenvalue weighted by Gasteiger charge is 2.23. The highest BCUT2D eigenvalue weighted by molar-refractivity contribution is 5.31. The average Bonchev–Trinajstić information content (AvgIpc) is 2.60. The lowest BCUT2D eigenvalue weighted by molar-refractivity contribution is 0.311. The van der Waals surface area contributed by atoms with Crippen LogP contribution in [0.3, 0.4) is 0 Å². The third-order valence-electron chi connectivity index (χ3n) is 4.32. The lowest BCUT2D eigenvalue weighted by atomic mass is 9.94. The minimum absolute atomic E-state index is 0.0103. The maximum atomic E-state index is 5.30. The second kappa shape index (κ2) is 9.02. The molecule has 0 heterocycles. The maximum absolute atomic E-state index is 5.30. The minimum Gasteiger partial charge on any atom is -0.497 e. The third-order valence-corrected chi connectivity index (χ3v) is 4.32. The molecule has 2 rings (SSSR count). The van der Waals surface area contributed by atoms with Crippen LogP contribution in [0.2, 0.25) is 0 Å². The highest BCUT2D eigenvalue weighted by Crippen LogP contribution is 2.24. The Morgan fingerprint density at radius 2 is 1.60 bits per heavy atom. The quantitative estimate of drug-likeness (QED) is 0.712. The van der Waals surface area contributed by atoms with E-state index in [4.69, 9.17) is 4.74 Å². The molecule has 0 radical (unpaired) electrons. The molecule has 0 aromatic heterocycles. The van der Waals surface area contributed by atoms with Crippen LogP contribution in [0.1, 0.15) is 44.9 Å². The second-order valence-electron chi connectivity index (χ2n) is 7.58. The van der Waals surface area contributed by atoms with Gasteiger partial charge in [-0.1, -0.05) is 56.3 Å². The van der Waals surface area contributed by atoms with Gasteiger partial charge in [-0.15, -0.1) is 0 Å². The van der Waals surface area contributed by atoms with Crippen LogP contribution >= 0.6 is 0 Å². The number of nitrogens with one attached hydrogen (secondary N) is 2. The average molecular weight is 341 g/mol. The van der Waals surface area contributed by atoms with Crippen LogP contribution in [0.15, 0.2) is 54.6 Å². The molecule has 1 atom stereocenters. The Hall–Kier alpha value is -1.84. The van der Waals surface area contributed by atoms with Gasteiger partial charge in [-0.25, -0.2) is 0 Å². The van der Waals surface area contributed by atoms with E-state index in [1.165, 1.54) is 11.1 Å². The SMILES string of the molecule is COc1ccc([C@H](Cc2ccccc2)NC(C)(C)CNC(C)C)cc1. The largest absolute Gasteiger partial charge is 0.497 e. The summed E-state index contributed by atoms with van der Waals surface area (Å²) in [4.78, 5) is 0. The fraction of sp³-hybridized carbons (Fsp3) is 0.455. The molecule has 0 aliphatic rings. The molecule has 3 nitrogen and oxygen atoms in total. The Kier molecular flexibility index (Phi) is 7.03. The van der Waals surface area contributed by atoms with Crippen molar-refractivity contribution in [1.82, 2.24) is 10.6 Å². The second-order valence-corrected chi connectivity index (χ2v) is 7.58. The minimum atomic E-state index is -0.0103. The molecule has 2 aromatic carbocycles. The van der Waals surface area contributed by atoms with Gasteiger partial charge in [0, 0.05) is 24.2 Å². The molecule has 0 aliphatic carbocycles. The molecular formula is C22H32N2O. The molecule has 0 spiro atoms. The molecule has 0 fully saturated rings. The molecular weight excluding hydrogens is 308 g/mol. The first kappa shape index (κ1) is 19.5. The van der Waals surface area contributed by atoms with E-state index in [1.54, 1.807) is 7.11 Å². The van der Waals surface area contributed by atoms with Crippen molar-refractivity contribution >= 4 is 0 Å². The summed E-state index contributed by atoms with van der Waals surface area (Å²) < 4.78 is 5.30. The summed E-state index contributed by atoms with van der Waals surface area (Å²) in [6, 6.07) is 19.8. The first-order chi connectivity index (χ1) is 11.9. The van der Waals surface area contributed by atoms with Gasteiger partial charge < -0.3 is 15.4 Å². The van der Waals surface area contributed by atoms with E-state index in [1.807, 2.05) is 12.1 Å². The lowest BCUT2D eigenvalue weighted by Crippen LogP contribution is -2.50. The number of ether oxygens (including phenoxy) is 1. The van der Waals surface area contributed by atoms with Gasteiger partial charge in [-0.05, 0) is 43.5 Å². The van der Waals surface area contributed by atoms with Crippen molar-refractivity contribution in [3.63, 3.8) is 0 Å². The molecule has 0 bridgehead atoms. The maximum Gasteiger partial charge on any atom is 0.118 e. The number of rotatable bonds is 9. The molecule has 0 saturated carbocycles. The van der Waals surface area contributed by atoms with Crippen molar-refractivity contribution in [1.29, 1.82) is 0 Å². The summed E-state index contributed by atoms with van der Waals surface area (Å²) in [6.07, 6.45) is 0.957. The molecule has 0 aliphatic heterocycles. The monoisotopic (exact) mass is 340 g/mol. The summed E-state index contributed by atoms with van der Waals surface area (Å²) >= 11 is 0. The molecule has 2 aromatic rings. The van der Waals surface area contributed by atoms with Crippen LogP contribution in [-0.2, 0) is 6.42 Å². The summed E-state index contributed by atoms with van der Waals surface area (Å²) in [5.74, 6) is 0.892. The Bertz CT molecular complexity index is 620. The van der Waals surface area contributed by atoms with Crippen LogP contribution in [-0.4, -0.2) is 25.2 Å². The fourth-order valence-corrected chi connectivity index (χ4v) is 2.92. The van der Waals surface area contributed by atoms with Gasteiger partial charge in [0.15, 0.2) is 0 Å². The van der Waals surface area contributed by atoms with E-state index < -0.39 is 0 Å². The molecule has 0 saturated heterocycles. The Morgan fingerprint density at radius 3 is 2.16 bits per heavy atom. The van der Waals surface area contributed by atoms with Crippen molar-refractivity contribution in [3.05, 3.63) is 65.7 Å². The Labute approximate surface area is 152 Å². The van der Waals surface area contributed by atoms with Gasteiger partial charge in [-0.2, -0.15) is 0 Å². The number of hydrogen-bond donors (Lipinski definition) is 2. The first-order valence-corrected chi connectivity index (χ1v) is 9.08. The molecule has 25 heavy (non-hydrogen) atoms. The summed E-state index contributed by atoms with van der Waals surface area (Å²) in [6.45, 7) is 9.79. The summed E-state index contributed by atoms with van der Waals surface area (Å²) in [5, 5.41) is 7.39. The molecule has 136 valence electrons.